The third-order valence-electron chi connectivity index (χ3n) is 7.82. The van der Waals surface area contributed by atoms with Crippen LogP contribution >= 0.6 is 0 Å². The number of nitrogens with one attached hydrogen (secondary N) is 2. The highest BCUT2D eigenvalue weighted by Crippen LogP contribution is 2.33. The van der Waals surface area contributed by atoms with Gasteiger partial charge in [-0.3, -0.25) is 20.0 Å². The van der Waals surface area contributed by atoms with Gasteiger partial charge in [0.1, 0.15) is 26.9 Å². The second-order valence-corrected chi connectivity index (χ2v) is 13.7. The lowest BCUT2D eigenvalue weighted by Gasteiger charge is -2.15. The number of alkyl halides is 2. The van der Waals surface area contributed by atoms with Crippen molar-refractivity contribution >= 4 is 31.9 Å². The summed E-state index contributed by atoms with van der Waals surface area (Å²) in [5.41, 5.74) is 6.06. The molecule has 0 amide bonds. The largest absolute Gasteiger partial charge is 0.337 e. The number of H-pyrrole nitrogens is 2. The average Bonchev–Trinajstić information content (AvgIpc) is 3.71. The highest BCUT2D eigenvalue weighted by Gasteiger charge is 2.37. The van der Waals surface area contributed by atoms with Gasteiger partial charge in [-0.1, -0.05) is 0 Å². The Morgan fingerprint density at radius 1 is 1.00 bits per heavy atom. The quantitative estimate of drug-likeness (QED) is 0.234. The maximum atomic E-state index is 14.6. The number of benzene rings is 1. The van der Waals surface area contributed by atoms with Crippen molar-refractivity contribution in [2.45, 2.75) is 25.3 Å². The Balaban J connectivity index is 1.22. The van der Waals surface area contributed by atoms with Gasteiger partial charge in [0, 0.05) is 67.2 Å². The van der Waals surface area contributed by atoms with Crippen LogP contribution in [0.2, 0.25) is 0 Å². The molecule has 0 aliphatic carbocycles. The summed E-state index contributed by atoms with van der Waals surface area (Å²) in [7, 11) is -3.22. The van der Waals surface area contributed by atoms with Crippen LogP contribution in [0.25, 0.3) is 56.0 Å². The standard InChI is InChI=1S/C31H27F3N8O2S/c1-45(43,44)7-3-18-8-20(11-23(32)10-18)26-28-25(2-5-36-26)38-30(39-28)27-24-12-22(15-37-29(24)41-40-27)21-9-19(13-35-14-21)16-42-6-4-31(33,34)17-42/h2,5,8-15H,3-4,6-7,16-17H2,1H3,(H,38,39)(H,37,40,41). The van der Waals surface area contributed by atoms with Crippen LogP contribution in [0.15, 0.2) is 61.2 Å². The molecule has 5 aromatic heterocycles. The van der Waals surface area contributed by atoms with E-state index in [-0.39, 0.29) is 25.1 Å². The van der Waals surface area contributed by atoms with E-state index >= 15 is 0 Å². The first-order valence-electron chi connectivity index (χ1n) is 14.2. The van der Waals surface area contributed by atoms with E-state index in [1.165, 1.54) is 12.1 Å². The van der Waals surface area contributed by atoms with Crippen LogP contribution in [0.4, 0.5) is 13.2 Å². The number of sulfone groups is 1. The number of aryl methyl sites for hydroxylation is 1. The predicted molar refractivity (Wildman–Crippen MR) is 164 cm³/mol. The lowest BCUT2D eigenvalue weighted by atomic mass is 10.0. The summed E-state index contributed by atoms with van der Waals surface area (Å²) in [6.45, 7) is 0.450. The van der Waals surface area contributed by atoms with Gasteiger partial charge in [-0.25, -0.2) is 31.6 Å². The normalized spacial score (nSPS) is 15.4. The Morgan fingerprint density at radius 3 is 2.62 bits per heavy atom. The molecule has 1 saturated heterocycles. The molecule has 7 rings (SSSR count). The molecule has 6 heterocycles. The fourth-order valence-electron chi connectivity index (χ4n) is 5.67. The number of hydrogen-bond acceptors (Lipinski definition) is 8. The number of aromatic amines is 2. The van der Waals surface area contributed by atoms with Crippen LogP contribution in [0.5, 0.6) is 0 Å². The van der Waals surface area contributed by atoms with E-state index < -0.39 is 21.6 Å². The second-order valence-electron chi connectivity index (χ2n) is 11.5. The molecule has 0 atom stereocenters. The zero-order valence-electron chi connectivity index (χ0n) is 24.1. The van der Waals surface area contributed by atoms with Crippen LogP contribution in [-0.4, -0.2) is 79.5 Å². The number of imidazole rings is 1. The fourth-order valence-corrected chi connectivity index (χ4v) is 6.28. The molecule has 0 spiro atoms. The number of nitrogens with zero attached hydrogens (tertiary/aromatic N) is 6. The molecule has 0 radical (unpaired) electrons. The SMILES string of the molecule is CS(=O)(=O)CCc1cc(F)cc(-c2nccc3[nH]c(-c4[nH]nc5ncc(-c6cncc(CN7CCC(F)(F)C7)c6)cc45)nc23)c1. The molecule has 1 aromatic carbocycles. The third-order valence-corrected chi connectivity index (χ3v) is 8.77. The van der Waals surface area contributed by atoms with E-state index in [0.29, 0.717) is 63.5 Å². The Kier molecular flexibility index (Phi) is 7.12. The van der Waals surface area contributed by atoms with Crippen molar-refractivity contribution in [3.05, 3.63) is 78.1 Å². The molecule has 0 bridgehead atoms. The van der Waals surface area contributed by atoms with E-state index in [1.54, 1.807) is 41.8 Å². The molecule has 1 aliphatic heterocycles. The average molecular weight is 633 g/mol. The Morgan fingerprint density at radius 2 is 1.82 bits per heavy atom. The first kappa shape index (κ1) is 29.0. The Bertz CT molecular complexity index is 2180. The minimum absolute atomic E-state index is 0.0965. The zero-order valence-corrected chi connectivity index (χ0v) is 24.9. The molecule has 14 heteroatoms. The van der Waals surface area contributed by atoms with Gasteiger partial charge >= 0.3 is 0 Å². The van der Waals surface area contributed by atoms with Crippen LogP contribution in [0.3, 0.4) is 0 Å². The molecule has 45 heavy (non-hydrogen) atoms. The van der Waals surface area contributed by atoms with Gasteiger partial charge in [-0.2, -0.15) is 5.10 Å². The molecule has 6 aromatic rings. The summed E-state index contributed by atoms with van der Waals surface area (Å²) >= 11 is 0. The molecule has 0 unspecified atom stereocenters. The van der Waals surface area contributed by atoms with Crippen molar-refractivity contribution in [1.29, 1.82) is 0 Å². The number of aromatic nitrogens is 7. The summed E-state index contributed by atoms with van der Waals surface area (Å²) in [4.78, 5) is 23.1. The van der Waals surface area contributed by atoms with E-state index in [2.05, 4.69) is 30.1 Å². The van der Waals surface area contributed by atoms with E-state index in [4.69, 9.17) is 4.98 Å². The lowest BCUT2D eigenvalue weighted by Crippen LogP contribution is -2.24. The predicted octanol–water partition coefficient (Wildman–Crippen LogP) is 5.19. The second kappa shape index (κ2) is 11.0. The van der Waals surface area contributed by atoms with Crippen molar-refractivity contribution in [1.82, 2.24) is 40.0 Å². The summed E-state index contributed by atoms with van der Waals surface area (Å²) in [6, 6.07) is 9.99. The summed E-state index contributed by atoms with van der Waals surface area (Å²) in [6.07, 6.45) is 7.84. The van der Waals surface area contributed by atoms with Crippen LogP contribution < -0.4 is 0 Å². The van der Waals surface area contributed by atoms with E-state index in [0.717, 1.165) is 22.9 Å². The topological polar surface area (TPSA) is 133 Å². The number of rotatable bonds is 8. The molecule has 1 aliphatic rings. The summed E-state index contributed by atoms with van der Waals surface area (Å²) in [5, 5.41) is 8.04. The highest BCUT2D eigenvalue weighted by molar-refractivity contribution is 7.90. The van der Waals surface area contributed by atoms with Crippen LogP contribution in [0, 0.1) is 5.82 Å². The summed E-state index contributed by atoms with van der Waals surface area (Å²) in [5.74, 6) is -2.79. The first-order valence-corrected chi connectivity index (χ1v) is 16.3. The fraction of sp³-hybridized carbons (Fsp3) is 0.258. The van der Waals surface area contributed by atoms with Crippen molar-refractivity contribution in [2.75, 3.05) is 25.1 Å². The van der Waals surface area contributed by atoms with Gasteiger partial charge in [0.15, 0.2) is 11.5 Å². The molecular weight excluding hydrogens is 605 g/mol. The van der Waals surface area contributed by atoms with E-state index in [1.807, 2.05) is 12.1 Å². The molecule has 10 nitrogen and oxygen atoms in total. The molecular formula is C31H27F3N8O2S. The summed E-state index contributed by atoms with van der Waals surface area (Å²) < 4.78 is 65.3. The van der Waals surface area contributed by atoms with Gasteiger partial charge in [0.2, 0.25) is 0 Å². The maximum absolute atomic E-state index is 14.6. The maximum Gasteiger partial charge on any atom is 0.261 e. The molecule has 1 fully saturated rings. The van der Waals surface area contributed by atoms with Crippen molar-refractivity contribution < 1.29 is 21.6 Å². The van der Waals surface area contributed by atoms with Crippen LogP contribution in [-0.2, 0) is 22.8 Å². The minimum Gasteiger partial charge on any atom is -0.337 e. The number of pyridine rings is 3. The van der Waals surface area contributed by atoms with Gasteiger partial charge in [-0.05, 0) is 53.9 Å². The first-order chi connectivity index (χ1) is 21.5. The van der Waals surface area contributed by atoms with Crippen LogP contribution in [0.1, 0.15) is 17.5 Å². The highest BCUT2D eigenvalue weighted by atomic mass is 32.2. The number of hydrogen-bond donors (Lipinski definition) is 2. The third kappa shape index (κ3) is 6.15. The minimum atomic E-state index is -3.22. The smallest absolute Gasteiger partial charge is 0.261 e. The van der Waals surface area contributed by atoms with Gasteiger partial charge in [-0.15, -0.1) is 0 Å². The number of likely N-dealkylation sites (tertiary alicyclic amines) is 1. The monoisotopic (exact) mass is 632 g/mol. The van der Waals surface area contributed by atoms with Crippen molar-refractivity contribution in [2.24, 2.45) is 0 Å². The van der Waals surface area contributed by atoms with Gasteiger partial charge in [0.25, 0.3) is 5.92 Å². The number of fused-ring (bicyclic) bond motifs is 2. The Hall–Kier alpha value is -4.69. The van der Waals surface area contributed by atoms with Crippen molar-refractivity contribution in [3.63, 3.8) is 0 Å². The zero-order chi connectivity index (χ0) is 31.3. The van der Waals surface area contributed by atoms with Crippen molar-refractivity contribution in [3.8, 4) is 33.9 Å². The Labute approximate surface area is 255 Å². The van der Waals surface area contributed by atoms with Gasteiger partial charge in [0.05, 0.1) is 28.9 Å². The molecule has 0 saturated carbocycles. The molecule has 2 N–H and O–H groups in total. The molecule has 230 valence electrons. The van der Waals surface area contributed by atoms with Gasteiger partial charge < -0.3 is 4.98 Å². The lowest BCUT2D eigenvalue weighted by molar-refractivity contribution is 0.0115. The van der Waals surface area contributed by atoms with E-state index in [9.17, 15) is 21.6 Å². The number of halogens is 3.